The number of amides is 1. The Balaban J connectivity index is 1.76. The van der Waals surface area contributed by atoms with Gasteiger partial charge in [-0.1, -0.05) is 6.92 Å². The van der Waals surface area contributed by atoms with Gasteiger partial charge in [0.2, 0.25) is 5.91 Å². The Morgan fingerprint density at radius 3 is 2.87 bits per heavy atom. The van der Waals surface area contributed by atoms with Crippen molar-refractivity contribution in [3.63, 3.8) is 0 Å². The maximum Gasteiger partial charge on any atom is 0.237 e. The van der Waals surface area contributed by atoms with Gasteiger partial charge < -0.3 is 16.0 Å². The topological polar surface area (TPSA) is 129 Å². The predicted molar refractivity (Wildman–Crippen MR) is 117 cm³/mol. The molecular formula is C21H27N5O3S. The van der Waals surface area contributed by atoms with E-state index in [2.05, 4.69) is 28.2 Å². The number of carbonyl (C=O) groups excluding carboxylic acids is 1. The molecule has 0 aliphatic carbocycles. The van der Waals surface area contributed by atoms with E-state index in [0.717, 1.165) is 30.3 Å². The molecule has 160 valence electrons. The lowest BCUT2D eigenvalue weighted by molar-refractivity contribution is -0.123. The van der Waals surface area contributed by atoms with Crippen molar-refractivity contribution in [1.82, 2.24) is 10.3 Å². The molecule has 0 radical (unpaired) electrons. The molecule has 0 bridgehead atoms. The van der Waals surface area contributed by atoms with Gasteiger partial charge in [0.15, 0.2) is 0 Å². The molecule has 1 amide bonds. The number of piperidine rings is 1. The molecule has 2 aromatic rings. The second-order valence-corrected chi connectivity index (χ2v) is 10.4. The normalized spacial score (nSPS) is 20.5. The SMILES string of the molecule is C[C@H]1C[C@@H](NC(=O)C(N)CCS(C)(=O)=O)CN(c2ccc(C#N)c3ncccc23)C1. The highest BCUT2D eigenvalue weighted by Crippen LogP contribution is 2.31. The third-order valence-corrected chi connectivity index (χ3v) is 6.33. The fourth-order valence-corrected chi connectivity index (χ4v) is 4.64. The Kier molecular flexibility index (Phi) is 6.58. The number of hydrogen-bond donors (Lipinski definition) is 2. The molecule has 1 unspecified atom stereocenters. The highest BCUT2D eigenvalue weighted by molar-refractivity contribution is 7.90. The van der Waals surface area contributed by atoms with Crippen molar-refractivity contribution in [3.8, 4) is 6.07 Å². The van der Waals surface area contributed by atoms with Gasteiger partial charge in [-0.25, -0.2) is 8.42 Å². The number of hydrogen-bond acceptors (Lipinski definition) is 7. The number of pyridine rings is 1. The van der Waals surface area contributed by atoms with Crippen LogP contribution in [0.2, 0.25) is 0 Å². The van der Waals surface area contributed by atoms with Crippen LogP contribution in [0.5, 0.6) is 0 Å². The molecule has 1 aliphatic heterocycles. The van der Waals surface area contributed by atoms with Gasteiger partial charge in [-0.15, -0.1) is 0 Å². The predicted octanol–water partition coefficient (Wildman–Crippen LogP) is 1.20. The van der Waals surface area contributed by atoms with Crippen LogP contribution in [-0.4, -0.2) is 56.5 Å². The minimum absolute atomic E-state index is 0.0998. The number of aromatic nitrogens is 1. The summed E-state index contributed by atoms with van der Waals surface area (Å²) in [7, 11) is -3.16. The lowest BCUT2D eigenvalue weighted by Gasteiger charge is -2.39. The summed E-state index contributed by atoms with van der Waals surface area (Å²) in [4.78, 5) is 19.1. The zero-order chi connectivity index (χ0) is 21.9. The molecule has 3 atom stereocenters. The zero-order valence-corrected chi connectivity index (χ0v) is 18.0. The third-order valence-electron chi connectivity index (χ3n) is 5.35. The Morgan fingerprint density at radius 1 is 1.40 bits per heavy atom. The molecule has 2 heterocycles. The van der Waals surface area contributed by atoms with Gasteiger partial charge in [0.25, 0.3) is 0 Å². The number of nitrogens with two attached hydrogens (primary N) is 1. The Labute approximate surface area is 177 Å². The van der Waals surface area contributed by atoms with Gasteiger partial charge in [-0.2, -0.15) is 5.26 Å². The first-order valence-electron chi connectivity index (χ1n) is 9.94. The second-order valence-electron chi connectivity index (χ2n) is 8.12. The minimum atomic E-state index is -3.16. The number of benzene rings is 1. The Bertz CT molecular complexity index is 1080. The number of rotatable bonds is 6. The van der Waals surface area contributed by atoms with Gasteiger partial charge >= 0.3 is 0 Å². The second kappa shape index (κ2) is 8.98. The van der Waals surface area contributed by atoms with Crippen LogP contribution in [0.3, 0.4) is 0 Å². The van der Waals surface area contributed by atoms with Crippen molar-refractivity contribution in [2.45, 2.75) is 31.8 Å². The number of nitrogens with one attached hydrogen (secondary N) is 1. The van der Waals surface area contributed by atoms with E-state index in [1.165, 1.54) is 0 Å². The van der Waals surface area contributed by atoms with Crippen LogP contribution >= 0.6 is 0 Å². The summed E-state index contributed by atoms with van der Waals surface area (Å²) < 4.78 is 22.6. The van der Waals surface area contributed by atoms with Crippen molar-refractivity contribution >= 4 is 32.3 Å². The zero-order valence-electron chi connectivity index (χ0n) is 17.2. The summed E-state index contributed by atoms with van der Waals surface area (Å²) in [6.45, 7) is 3.55. The van der Waals surface area contributed by atoms with Gasteiger partial charge in [-0.05, 0) is 43.0 Å². The van der Waals surface area contributed by atoms with E-state index in [1.807, 2.05) is 18.2 Å². The van der Waals surface area contributed by atoms with E-state index in [-0.39, 0.29) is 24.1 Å². The lowest BCUT2D eigenvalue weighted by atomic mass is 9.94. The maximum absolute atomic E-state index is 12.5. The summed E-state index contributed by atoms with van der Waals surface area (Å²) in [6.07, 6.45) is 3.72. The molecular weight excluding hydrogens is 402 g/mol. The molecule has 9 heteroatoms. The van der Waals surface area contributed by atoms with Gasteiger partial charge in [-0.3, -0.25) is 9.78 Å². The lowest BCUT2D eigenvalue weighted by Crippen LogP contribution is -2.54. The number of anilines is 1. The Hall–Kier alpha value is -2.70. The molecule has 1 saturated heterocycles. The first-order chi connectivity index (χ1) is 14.2. The van der Waals surface area contributed by atoms with Crippen LogP contribution in [0, 0.1) is 17.2 Å². The summed E-state index contributed by atoms with van der Waals surface area (Å²) in [6, 6.07) is 8.73. The standard InChI is InChI=1S/C21H27N5O3S/c1-14-10-16(25-21(27)18(23)7-9-30(2,28)29)13-26(12-14)19-6-5-15(11-22)20-17(19)4-3-8-24-20/h3-6,8,14,16,18H,7,9-10,12-13,23H2,1-2H3,(H,25,27)/t14-,16+,18?/m0/s1. The molecule has 3 N–H and O–H groups in total. The van der Waals surface area contributed by atoms with Crippen LogP contribution in [0.4, 0.5) is 5.69 Å². The number of carbonyl (C=O) groups is 1. The quantitative estimate of drug-likeness (QED) is 0.706. The van der Waals surface area contributed by atoms with Crippen molar-refractivity contribution in [1.29, 1.82) is 5.26 Å². The summed E-state index contributed by atoms with van der Waals surface area (Å²) in [5.74, 6) is -0.110. The molecule has 30 heavy (non-hydrogen) atoms. The van der Waals surface area contributed by atoms with E-state index in [1.54, 1.807) is 12.3 Å². The molecule has 3 rings (SSSR count). The number of nitriles is 1. The average molecular weight is 430 g/mol. The first kappa shape index (κ1) is 22.0. The molecule has 0 spiro atoms. The monoisotopic (exact) mass is 429 g/mol. The summed E-state index contributed by atoms with van der Waals surface area (Å²) in [5.41, 5.74) is 8.07. The van der Waals surface area contributed by atoms with Crippen LogP contribution in [-0.2, 0) is 14.6 Å². The van der Waals surface area contributed by atoms with E-state index in [4.69, 9.17) is 5.73 Å². The average Bonchev–Trinajstić information content (AvgIpc) is 2.70. The summed E-state index contributed by atoms with van der Waals surface area (Å²) in [5, 5.41) is 13.3. The number of fused-ring (bicyclic) bond motifs is 1. The number of nitrogens with zero attached hydrogens (tertiary/aromatic N) is 3. The van der Waals surface area contributed by atoms with Gasteiger partial charge in [0.05, 0.1) is 22.9 Å². The Morgan fingerprint density at radius 2 is 2.17 bits per heavy atom. The van der Waals surface area contributed by atoms with E-state index < -0.39 is 15.9 Å². The largest absolute Gasteiger partial charge is 0.369 e. The fraction of sp³-hybridized carbons (Fsp3) is 0.476. The summed E-state index contributed by atoms with van der Waals surface area (Å²) >= 11 is 0. The minimum Gasteiger partial charge on any atom is -0.369 e. The van der Waals surface area contributed by atoms with Crippen molar-refractivity contribution in [2.24, 2.45) is 11.7 Å². The molecule has 0 saturated carbocycles. The molecule has 8 nitrogen and oxygen atoms in total. The van der Waals surface area contributed by atoms with Crippen molar-refractivity contribution in [2.75, 3.05) is 30.0 Å². The molecule has 1 aromatic carbocycles. The van der Waals surface area contributed by atoms with Gasteiger partial charge in [0, 0.05) is 42.7 Å². The van der Waals surface area contributed by atoms with Crippen LogP contribution in [0.1, 0.15) is 25.3 Å². The van der Waals surface area contributed by atoms with Gasteiger partial charge in [0.1, 0.15) is 15.9 Å². The van der Waals surface area contributed by atoms with Crippen molar-refractivity contribution in [3.05, 3.63) is 36.0 Å². The first-order valence-corrected chi connectivity index (χ1v) is 12.0. The maximum atomic E-state index is 12.5. The van der Waals surface area contributed by atoms with E-state index in [9.17, 15) is 18.5 Å². The fourth-order valence-electron chi connectivity index (χ4n) is 3.96. The third kappa shape index (κ3) is 5.26. The highest BCUT2D eigenvalue weighted by atomic mass is 32.2. The van der Waals surface area contributed by atoms with Crippen LogP contribution in [0.15, 0.2) is 30.5 Å². The molecule has 1 aromatic heterocycles. The van der Waals surface area contributed by atoms with Crippen molar-refractivity contribution < 1.29 is 13.2 Å². The van der Waals surface area contributed by atoms with Crippen LogP contribution < -0.4 is 16.0 Å². The highest BCUT2D eigenvalue weighted by Gasteiger charge is 2.28. The molecule has 1 fully saturated rings. The van der Waals surface area contributed by atoms with E-state index in [0.29, 0.717) is 23.5 Å². The molecule has 1 aliphatic rings. The van der Waals surface area contributed by atoms with Crippen LogP contribution in [0.25, 0.3) is 10.9 Å². The smallest absolute Gasteiger partial charge is 0.237 e. The van der Waals surface area contributed by atoms with E-state index >= 15 is 0 Å². The number of sulfone groups is 1.